The fraction of sp³-hybridized carbons (Fsp3) is 0.857. The first kappa shape index (κ1) is 11.3. The molecule has 0 aromatic carbocycles. The maximum Gasteiger partial charge on any atom is 0.279 e. The van der Waals surface area contributed by atoms with E-state index in [1.165, 1.54) is 4.31 Å². The van der Waals surface area contributed by atoms with Crippen LogP contribution in [0.5, 0.6) is 0 Å². The van der Waals surface area contributed by atoms with Crippen LogP contribution in [0.4, 0.5) is 0 Å². The van der Waals surface area contributed by atoms with Crippen LogP contribution in [0.1, 0.15) is 0 Å². The van der Waals surface area contributed by atoms with Crippen molar-refractivity contribution in [2.75, 3.05) is 31.5 Å². The van der Waals surface area contributed by atoms with Gasteiger partial charge < -0.3 is 4.90 Å². The zero-order chi connectivity index (χ0) is 11.1. The van der Waals surface area contributed by atoms with E-state index in [1.54, 1.807) is 4.90 Å². The van der Waals surface area contributed by atoms with Crippen molar-refractivity contribution >= 4 is 32.0 Å². The van der Waals surface area contributed by atoms with Crippen LogP contribution in [0.3, 0.4) is 0 Å². The molecule has 1 N–H and O–H groups in total. The molecule has 86 valence electrons. The second-order valence-electron chi connectivity index (χ2n) is 3.59. The molecule has 1 amide bonds. The monoisotopic (exact) mass is 297 g/mol. The fourth-order valence-corrected chi connectivity index (χ4v) is 3.70. The van der Waals surface area contributed by atoms with Crippen molar-refractivity contribution in [1.29, 1.82) is 0 Å². The first-order valence-corrected chi connectivity index (χ1v) is 7.21. The van der Waals surface area contributed by atoms with Crippen molar-refractivity contribution in [2.45, 2.75) is 6.04 Å². The number of nitrogens with zero attached hydrogens (tertiary/aromatic N) is 2. The van der Waals surface area contributed by atoms with Crippen molar-refractivity contribution in [3.8, 4) is 0 Å². The van der Waals surface area contributed by atoms with Crippen molar-refractivity contribution in [3.63, 3.8) is 0 Å². The van der Waals surface area contributed by atoms with Crippen LogP contribution in [0.2, 0.25) is 0 Å². The summed E-state index contributed by atoms with van der Waals surface area (Å²) < 4.78 is 26.8. The zero-order valence-electron chi connectivity index (χ0n) is 8.02. The Morgan fingerprint density at radius 1 is 1.47 bits per heavy atom. The van der Waals surface area contributed by atoms with Crippen molar-refractivity contribution in [3.05, 3.63) is 0 Å². The smallest absolute Gasteiger partial charge is 0.279 e. The van der Waals surface area contributed by atoms with Gasteiger partial charge in [-0.1, -0.05) is 15.9 Å². The summed E-state index contributed by atoms with van der Waals surface area (Å²) in [6, 6.07) is -0.105. The number of hydrogen-bond acceptors (Lipinski definition) is 3. The molecular formula is C7H12BrN3O3S. The standard InChI is InChI=1S/C7H12BrN3O3S/c8-3-7(12)10-1-2-11-6(5-10)4-9-15(11,13)14/h6,9H,1-5H2. The van der Waals surface area contributed by atoms with Crippen LogP contribution < -0.4 is 4.72 Å². The van der Waals surface area contributed by atoms with E-state index in [-0.39, 0.29) is 11.9 Å². The first-order chi connectivity index (χ1) is 7.04. The highest BCUT2D eigenvalue weighted by molar-refractivity contribution is 9.09. The predicted molar refractivity (Wildman–Crippen MR) is 57.8 cm³/mol. The van der Waals surface area contributed by atoms with E-state index in [0.29, 0.717) is 31.5 Å². The summed E-state index contributed by atoms with van der Waals surface area (Å²) in [6.07, 6.45) is 0. The molecule has 0 radical (unpaired) electrons. The van der Waals surface area contributed by atoms with Gasteiger partial charge in [0, 0.05) is 26.2 Å². The molecule has 2 heterocycles. The van der Waals surface area contributed by atoms with Gasteiger partial charge in [0.25, 0.3) is 10.2 Å². The molecule has 2 aliphatic heterocycles. The summed E-state index contributed by atoms with van der Waals surface area (Å²) >= 11 is 3.11. The van der Waals surface area contributed by atoms with Crippen LogP contribution >= 0.6 is 15.9 Å². The zero-order valence-corrected chi connectivity index (χ0v) is 10.4. The number of fused-ring (bicyclic) bond motifs is 1. The Labute approximate surface area is 96.9 Å². The molecule has 0 aromatic rings. The highest BCUT2D eigenvalue weighted by atomic mass is 79.9. The van der Waals surface area contributed by atoms with Gasteiger partial charge in [0.2, 0.25) is 5.91 Å². The maximum atomic E-state index is 11.4. The molecule has 2 aliphatic rings. The van der Waals surface area contributed by atoms with Crippen LogP contribution in [0.15, 0.2) is 0 Å². The summed E-state index contributed by atoms with van der Waals surface area (Å²) in [7, 11) is -3.27. The van der Waals surface area contributed by atoms with Crippen molar-refractivity contribution in [1.82, 2.24) is 13.9 Å². The fourth-order valence-electron chi connectivity index (χ4n) is 1.92. The Morgan fingerprint density at radius 3 is 2.87 bits per heavy atom. The molecule has 2 saturated heterocycles. The van der Waals surface area contributed by atoms with Gasteiger partial charge in [-0.3, -0.25) is 4.79 Å². The summed E-state index contributed by atoms with van der Waals surface area (Å²) in [5, 5.41) is 0.292. The summed E-state index contributed by atoms with van der Waals surface area (Å²) in [5.74, 6) is 0.0129. The Kier molecular flexibility index (Phi) is 3.02. The Bertz CT molecular complexity index is 372. The second kappa shape index (κ2) is 4.00. The Balaban J connectivity index is 2.07. The molecule has 0 spiro atoms. The third kappa shape index (κ3) is 2.03. The topological polar surface area (TPSA) is 69.7 Å². The average molecular weight is 298 g/mol. The lowest BCUT2D eigenvalue weighted by atomic mass is 10.2. The highest BCUT2D eigenvalue weighted by Gasteiger charge is 2.41. The lowest BCUT2D eigenvalue weighted by Crippen LogP contribution is -2.54. The third-order valence-corrected chi connectivity index (χ3v) is 4.82. The summed E-state index contributed by atoms with van der Waals surface area (Å²) in [5.41, 5.74) is 0. The SMILES string of the molecule is O=C(CBr)N1CCN2C(CNS2(=O)=O)C1. The number of carbonyl (C=O) groups excluding carboxylic acids is 1. The molecular weight excluding hydrogens is 286 g/mol. The van der Waals surface area contributed by atoms with E-state index in [1.807, 2.05) is 0 Å². The number of piperazine rings is 1. The summed E-state index contributed by atoms with van der Waals surface area (Å²) in [4.78, 5) is 13.1. The lowest BCUT2D eigenvalue weighted by molar-refractivity contribution is -0.130. The molecule has 1 atom stereocenters. The van der Waals surface area contributed by atoms with E-state index < -0.39 is 10.2 Å². The van der Waals surface area contributed by atoms with Crippen LogP contribution in [0, 0.1) is 0 Å². The molecule has 0 bridgehead atoms. The molecule has 0 saturated carbocycles. The van der Waals surface area contributed by atoms with Gasteiger partial charge in [0.1, 0.15) is 0 Å². The van der Waals surface area contributed by atoms with E-state index in [4.69, 9.17) is 0 Å². The van der Waals surface area contributed by atoms with Gasteiger partial charge in [0.05, 0.1) is 11.4 Å². The molecule has 0 aromatic heterocycles. The minimum Gasteiger partial charge on any atom is -0.339 e. The van der Waals surface area contributed by atoms with Crippen molar-refractivity contribution < 1.29 is 13.2 Å². The number of nitrogens with one attached hydrogen (secondary N) is 1. The molecule has 1 unspecified atom stereocenters. The molecule has 2 fully saturated rings. The molecule has 6 nitrogen and oxygen atoms in total. The molecule has 8 heteroatoms. The second-order valence-corrected chi connectivity index (χ2v) is 5.86. The molecule has 15 heavy (non-hydrogen) atoms. The van der Waals surface area contributed by atoms with E-state index in [9.17, 15) is 13.2 Å². The quantitative estimate of drug-likeness (QED) is 0.615. The van der Waals surface area contributed by atoms with Crippen LogP contribution in [0.25, 0.3) is 0 Å². The predicted octanol–water partition coefficient (Wildman–Crippen LogP) is -1.26. The maximum absolute atomic E-state index is 11.4. The van der Waals surface area contributed by atoms with Gasteiger partial charge in [-0.15, -0.1) is 0 Å². The van der Waals surface area contributed by atoms with Gasteiger partial charge >= 0.3 is 0 Å². The third-order valence-electron chi connectivity index (χ3n) is 2.71. The highest BCUT2D eigenvalue weighted by Crippen LogP contribution is 2.18. The number of rotatable bonds is 1. The number of alkyl halides is 1. The largest absolute Gasteiger partial charge is 0.339 e. The lowest BCUT2D eigenvalue weighted by Gasteiger charge is -2.35. The van der Waals surface area contributed by atoms with Gasteiger partial charge in [-0.2, -0.15) is 12.7 Å². The Morgan fingerprint density at radius 2 is 2.20 bits per heavy atom. The minimum absolute atomic E-state index is 0.0129. The normalized spacial score (nSPS) is 30.2. The van der Waals surface area contributed by atoms with E-state index in [2.05, 4.69) is 20.7 Å². The number of hydrogen-bond donors (Lipinski definition) is 1. The molecule has 2 rings (SSSR count). The number of halogens is 1. The van der Waals surface area contributed by atoms with Crippen LogP contribution in [-0.2, 0) is 15.0 Å². The minimum atomic E-state index is -3.27. The van der Waals surface area contributed by atoms with Crippen LogP contribution in [-0.4, -0.2) is 61.1 Å². The van der Waals surface area contributed by atoms with E-state index in [0.717, 1.165) is 0 Å². The number of carbonyl (C=O) groups is 1. The van der Waals surface area contributed by atoms with Gasteiger partial charge in [0.15, 0.2) is 0 Å². The van der Waals surface area contributed by atoms with Gasteiger partial charge in [-0.05, 0) is 0 Å². The van der Waals surface area contributed by atoms with Crippen molar-refractivity contribution in [2.24, 2.45) is 0 Å². The first-order valence-electron chi connectivity index (χ1n) is 4.65. The Hall–Kier alpha value is -0.180. The summed E-state index contributed by atoms with van der Waals surface area (Å²) in [6.45, 7) is 1.74. The average Bonchev–Trinajstić information content (AvgIpc) is 2.53. The molecule has 0 aliphatic carbocycles. The van der Waals surface area contributed by atoms with Gasteiger partial charge in [-0.25, -0.2) is 4.72 Å². The number of amides is 1. The van der Waals surface area contributed by atoms with E-state index >= 15 is 0 Å².